The van der Waals surface area contributed by atoms with Crippen LogP contribution in [0, 0.1) is 5.92 Å². The number of nitrogens with one attached hydrogen (secondary N) is 1. The second kappa shape index (κ2) is 8.28. The van der Waals surface area contributed by atoms with Gasteiger partial charge < -0.3 is 10.2 Å². The molecule has 0 bridgehead atoms. The monoisotopic (exact) mass is 428 g/mol. The molecular weight excluding hydrogens is 408 g/mol. The maximum absolute atomic E-state index is 12.8. The Labute approximate surface area is 183 Å². The molecule has 2 heterocycles. The van der Waals surface area contributed by atoms with E-state index in [1.807, 2.05) is 72.8 Å². The quantitative estimate of drug-likeness (QED) is 0.515. The highest BCUT2D eigenvalue weighted by Crippen LogP contribution is 2.32. The Hall–Kier alpha value is -3.58. The van der Waals surface area contributed by atoms with Crippen LogP contribution in [0.4, 0.5) is 10.8 Å². The summed E-state index contributed by atoms with van der Waals surface area (Å²) < 4.78 is 0. The second-order valence-electron chi connectivity index (χ2n) is 7.56. The fourth-order valence-corrected chi connectivity index (χ4v) is 4.69. The average molecular weight is 429 g/mol. The molecule has 3 aromatic carbocycles. The highest BCUT2D eigenvalue weighted by atomic mass is 32.1. The number of amides is 2. The Bertz CT molecular complexity index is 1250. The number of nitrogens with zero attached hydrogens (tertiary/aromatic N) is 3. The molecule has 1 aromatic heterocycles. The van der Waals surface area contributed by atoms with Gasteiger partial charge >= 0.3 is 0 Å². The lowest BCUT2D eigenvalue weighted by Crippen LogP contribution is -2.28. The Morgan fingerprint density at radius 1 is 1.00 bits per heavy atom. The predicted octanol–water partition coefficient (Wildman–Crippen LogP) is 4.27. The Morgan fingerprint density at radius 2 is 1.77 bits per heavy atom. The smallest absolute Gasteiger partial charge is 0.231 e. The van der Waals surface area contributed by atoms with Crippen LogP contribution in [0.5, 0.6) is 0 Å². The first-order valence-electron chi connectivity index (χ1n) is 10.1. The van der Waals surface area contributed by atoms with Crippen LogP contribution >= 0.6 is 11.3 Å². The van der Waals surface area contributed by atoms with Gasteiger partial charge in [-0.3, -0.25) is 9.59 Å². The molecule has 154 valence electrons. The number of fused-ring (bicyclic) bond motifs is 1. The number of rotatable bonds is 5. The van der Waals surface area contributed by atoms with Crippen LogP contribution in [0.15, 0.2) is 72.8 Å². The molecule has 4 aromatic rings. The summed E-state index contributed by atoms with van der Waals surface area (Å²) >= 11 is 1.36. The van der Waals surface area contributed by atoms with Gasteiger partial charge in [0.25, 0.3) is 0 Å². The molecule has 5 rings (SSSR count). The topological polar surface area (TPSA) is 75.2 Å². The number of carbonyl (C=O) groups is 2. The van der Waals surface area contributed by atoms with Crippen LogP contribution in [-0.2, 0) is 16.0 Å². The fourth-order valence-electron chi connectivity index (χ4n) is 3.91. The van der Waals surface area contributed by atoms with Gasteiger partial charge in [0.15, 0.2) is 0 Å². The van der Waals surface area contributed by atoms with E-state index >= 15 is 0 Å². The lowest BCUT2D eigenvalue weighted by molar-refractivity contribution is -0.122. The van der Waals surface area contributed by atoms with E-state index in [1.54, 1.807) is 4.90 Å². The minimum atomic E-state index is -0.423. The SMILES string of the molecule is O=C(Nc1nnc(Cc2ccccc2)s1)C1CC(=O)N(c2cccc3ccccc23)C1. The number of benzene rings is 3. The van der Waals surface area contributed by atoms with Crippen molar-refractivity contribution in [3.63, 3.8) is 0 Å². The second-order valence-corrected chi connectivity index (χ2v) is 8.62. The first-order valence-corrected chi connectivity index (χ1v) is 10.9. The summed E-state index contributed by atoms with van der Waals surface area (Å²) in [5, 5.41) is 14.5. The van der Waals surface area contributed by atoms with E-state index < -0.39 is 5.92 Å². The zero-order valence-corrected chi connectivity index (χ0v) is 17.5. The average Bonchev–Trinajstić information content (AvgIpc) is 3.40. The molecule has 0 radical (unpaired) electrons. The van der Waals surface area contributed by atoms with Crippen molar-refractivity contribution in [3.05, 3.63) is 83.4 Å². The fraction of sp³-hybridized carbons (Fsp3) is 0.167. The maximum atomic E-state index is 12.8. The third-order valence-corrected chi connectivity index (χ3v) is 6.29. The van der Waals surface area contributed by atoms with Crippen LogP contribution in [-0.4, -0.2) is 28.6 Å². The highest BCUT2D eigenvalue weighted by molar-refractivity contribution is 7.15. The molecule has 1 atom stereocenters. The number of carbonyl (C=O) groups excluding carboxylic acids is 2. The number of anilines is 2. The van der Waals surface area contributed by atoms with Crippen molar-refractivity contribution in [2.45, 2.75) is 12.8 Å². The van der Waals surface area contributed by atoms with Crippen LogP contribution in [0.1, 0.15) is 17.0 Å². The molecule has 0 saturated carbocycles. The van der Waals surface area contributed by atoms with Gasteiger partial charge in [-0.05, 0) is 17.0 Å². The van der Waals surface area contributed by atoms with Gasteiger partial charge in [-0.25, -0.2) is 0 Å². The maximum Gasteiger partial charge on any atom is 0.231 e. The molecular formula is C24H20N4O2S. The van der Waals surface area contributed by atoms with E-state index in [1.165, 1.54) is 11.3 Å². The largest absolute Gasteiger partial charge is 0.311 e. The summed E-state index contributed by atoms with van der Waals surface area (Å²) in [4.78, 5) is 27.2. The molecule has 1 saturated heterocycles. The van der Waals surface area contributed by atoms with Crippen molar-refractivity contribution in [2.75, 3.05) is 16.8 Å². The first kappa shape index (κ1) is 19.4. The summed E-state index contributed by atoms with van der Waals surface area (Å²) in [6, 6.07) is 23.8. The van der Waals surface area contributed by atoms with E-state index in [0.717, 1.165) is 27.0 Å². The molecule has 1 aliphatic heterocycles. The van der Waals surface area contributed by atoms with Crippen LogP contribution in [0.3, 0.4) is 0 Å². The van der Waals surface area contributed by atoms with E-state index in [9.17, 15) is 9.59 Å². The van der Waals surface area contributed by atoms with E-state index in [0.29, 0.717) is 18.1 Å². The summed E-state index contributed by atoms with van der Waals surface area (Å²) in [6.07, 6.45) is 0.857. The van der Waals surface area contributed by atoms with Gasteiger partial charge in [0.05, 0.1) is 11.6 Å². The van der Waals surface area contributed by atoms with Gasteiger partial charge in [-0.1, -0.05) is 78.1 Å². The standard InChI is InChI=1S/C24H20N4O2S/c29-22-14-18(15-28(22)20-12-6-10-17-9-4-5-11-19(17)20)23(30)25-24-27-26-21(31-24)13-16-7-2-1-3-8-16/h1-12,18H,13-15H2,(H,25,27,30). The lowest BCUT2D eigenvalue weighted by Gasteiger charge is -2.18. The van der Waals surface area contributed by atoms with Crippen molar-refractivity contribution >= 4 is 44.7 Å². The van der Waals surface area contributed by atoms with E-state index in [2.05, 4.69) is 15.5 Å². The van der Waals surface area contributed by atoms with Gasteiger partial charge in [-0.15, -0.1) is 10.2 Å². The zero-order valence-electron chi connectivity index (χ0n) is 16.7. The molecule has 6 nitrogen and oxygen atoms in total. The van der Waals surface area contributed by atoms with Crippen molar-refractivity contribution < 1.29 is 9.59 Å². The molecule has 2 amide bonds. The summed E-state index contributed by atoms with van der Waals surface area (Å²) in [5.74, 6) is -0.662. The normalized spacial score (nSPS) is 16.1. The van der Waals surface area contributed by atoms with E-state index in [-0.39, 0.29) is 18.2 Å². The van der Waals surface area contributed by atoms with Gasteiger partial charge in [0, 0.05) is 24.8 Å². The molecule has 0 aliphatic carbocycles. The molecule has 1 fully saturated rings. The Morgan fingerprint density at radius 3 is 2.65 bits per heavy atom. The first-order chi connectivity index (χ1) is 15.2. The molecule has 0 spiro atoms. The number of aromatic nitrogens is 2. The minimum Gasteiger partial charge on any atom is -0.311 e. The Balaban J connectivity index is 1.27. The van der Waals surface area contributed by atoms with E-state index in [4.69, 9.17) is 0 Å². The van der Waals surface area contributed by atoms with Gasteiger partial charge in [0.1, 0.15) is 5.01 Å². The third-order valence-electron chi connectivity index (χ3n) is 5.45. The highest BCUT2D eigenvalue weighted by Gasteiger charge is 2.36. The summed E-state index contributed by atoms with van der Waals surface area (Å²) in [5.41, 5.74) is 1.99. The van der Waals surface area contributed by atoms with Crippen LogP contribution in [0.2, 0.25) is 0 Å². The van der Waals surface area contributed by atoms with Crippen molar-refractivity contribution in [3.8, 4) is 0 Å². The van der Waals surface area contributed by atoms with Crippen molar-refractivity contribution in [1.82, 2.24) is 10.2 Å². The van der Waals surface area contributed by atoms with Crippen LogP contribution < -0.4 is 10.2 Å². The molecule has 7 heteroatoms. The summed E-state index contributed by atoms with van der Waals surface area (Å²) in [6.45, 7) is 0.356. The van der Waals surface area contributed by atoms with Gasteiger partial charge in [0.2, 0.25) is 16.9 Å². The summed E-state index contributed by atoms with van der Waals surface area (Å²) in [7, 11) is 0. The molecule has 31 heavy (non-hydrogen) atoms. The third kappa shape index (κ3) is 4.04. The number of hydrogen-bond acceptors (Lipinski definition) is 5. The minimum absolute atomic E-state index is 0.0430. The predicted molar refractivity (Wildman–Crippen MR) is 122 cm³/mol. The molecule has 1 unspecified atom stereocenters. The van der Waals surface area contributed by atoms with Crippen LogP contribution in [0.25, 0.3) is 10.8 Å². The Kier molecular flexibility index (Phi) is 5.18. The lowest BCUT2D eigenvalue weighted by atomic mass is 10.1. The number of hydrogen-bond donors (Lipinski definition) is 1. The van der Waals surface area contributed by atoms with Crippen molar-refractivity contribution in [2.24, 2.45) is 5.92 Å². The zero-order chi connectivity index (χ0) is 21.2. The van der Waals surface area contributed by atoms with Crippen molar-refractivity contribution in [1.29, 1.82) is 0 Å². The van der Waals surface area contributed by atoms with Gasteiger partial charge in [-0.2, -0.15) is 0 Å². The molecule has 1 aliphatic rings. The molecule has 1 N–H and O–H groups in total.